The maximum Gasteiger partial charge on any atom is 0.211 e. The Balaban J connectivity index is 0.00000163. The number of nitrogens with zero attached hydrogens (tertiary/aromatic N) is 1. The minimum absolute atomic E-state index is 0.0113. The van der Waals surface area contributed by atoms with Crippen LogP contribution in [0.5, 0.6) is 0 Å². The van der Waals surface area contributed by atoms with Crippen molar-refractivity contribution >= 4 is 8.32 Å². The molecule has 0 aromatic heterocycles. The average Bonchev–Trinajstić information content (AvgIpc) is 2.59. The van der Waals surface area contributed by atoms with E-state index in [1.165, 1.54) is 32.1 Å². The fourth-order valence-corrected chi connectivity index (χ4v) is 5.03. The first-order valence-corrected chi connectivity index (χ1v) is 13.3. The summed E-state index contributed by atoms with van der Waals surface area (Å²) in [7, 11) is 0.136. The van der Waals surface area contributed by atoms with Gasteiger partial charge in [-0.3, -0.25) is 4.84 Å². The number of piperidine rings is 1. The van der Waals surface area contributed by atoms with Crippen molar-refractivity contribution in [3.63, 3.8) is 0 Å². The Kier molecular flexibility index (Phi) is 9.01. The van der Waals surface area contributed by atoms with Crippen LogP contribution in [0.15, 0.2) is 13.2 Å². The van der Waals surface area contributed by atoms with Crippen molar-refractivity contribution in [2.24, 2.45) is 0 Å². The van der Waals surface area contributed by atoms with Crippen LogP contribution in [0.3, 0.4) is 0 Å². The largest absolute Gasteiger partial charge is 0.418 e. The van der Waals surface area contributed by atoms with Gasteiger partial charge < -0.3 is 9.16 Å². The minimum atomic E-state index is -1.67. The van der Waals surface area contributed by atoms with E-state index in [-0.39, 0.29) is 17.2 Å². The highest BCUT2D eigenvalue weighted by Crippen LogP contribution is 2.41. The maximum atomic E-state index is 6.54. The van der Waals surface area contributed by atoms with E-state index in [0.29, 0.717) is 6.10 Å². The second kappa shape index (κ2) is 9.83. The molecule has 1 heterocycles. The highest BCUT2D eigenvalue weighted by molar-refractivity contribution is 6.71. The molecule has 0 aromatic rings. The van der Waals surface area contributed by atoms with Gasteiger partial charge in [0.25, 0.3) is 0 Å². The Morgan fingerprint density at radius 3 is 1.88 bits per heavy atom. The van der Waals surface area contributed by atoms with Crippen LogP contribution in [0.4, 0.5) is 0 Å². The lowest BCUT2D eigenvalue weighted by Crippen LogP contribution is -2.63. The normalized spacial score (nSPS) is 24.7. The topological polar surface area (TPSA) is 30.9 Å². The Labute approximate surface area is 163 Å². The Hall–Kier alpha value is -0.203. The lowest BCUT2D eigenvalue weighted by atomic mass is 9.80. The predicted octanol–water partition coefficient (Wildman–Crippen LogP) is 5.48. The van der Waals surface area contributed by atoms with Gasteiger partial charge in [-0.1, -0.05) is 19.3 Å². The van der Waals surface area contributed by atoms with Gasteiger partial charge in [0.15, 0.2) is 0 Å². The molecule has 2 rings (SSSR count). The molecule has 0 atom stereocenters. The molecule has 0 amide bonds. The van der Waals surface area contributed by atoms with Gasteiger partial charge in [-0.15, -0.1) is 13.2 Å². The molecule has 5 heteroatoms. The molecule has 0 aromatic carbocycles. The second-order valence-electron chi connectivity index (χ2n) is 9.59. The van der Waals surface area contributed by atoms with E-state index in [9.17, 15) is 0 Å². The van der Waals surface area contributed by atoms with Crippen LogP contribution in [-0.4, -0.2) is 50.0 Å². The molecule has 1 saturated carbocycles. The molecule has 2 aliphatic rings. The van der Waals surface area contributed by atoms with E-state index < -0.39 is 8.32 Å². The molecule has 1 aliphatic heterocycles. The third kappa shape index (κ3) is 6.75. The molecule has 0 radical (unpaired) electrons. The van der Waals surface area contributed by atoms with E-state index in [0.717, 1.165) is 19.1 Å². The molecule has 154 valence electrons. The fourth-order valence-electron chi connectivity index (χ4n) is 4.27. The van der Waals surface area contributed by atoms with E-state index in [2.05, 4.69) is 59.0 Å². The first kappa shape index (κ1) is 23.8. The van der Waals surface area contributed by atoms with Crippen molar-refractivity contribution in [2.45, 2.75) is 109 Å². The number of hydroxylamine groups is 2. The molecule has 26 heavy (non-hydrogen) atoms. The molecular formula is C21H43NO3Si. The molecule has 2 fully saturated rings. The molecule has 0 unspecified atom stereocenters. The summed E-state index contributed by atoms with van der Waals surface area (Å²) in [6, 6.07) is 0. The summed E-state index contributed by atoms with van der Waals surface area (Å²) >= 11 is 0. The molecule has 1 saturated heterocycles. The minimum Gasteiger partial charge on any atom is -0.418 e. The first-order chi connectivity index (χ1) is 12.1. The summed E-state index contributed by atoms with van der Waals surface area (Å²) in [5.74, 6) is 0. The van der Waals surface area contributed by atoms with Crippen molar-refractivity contribution in [3.05, 3.63) is 13.2 Å². The lowest BCUT2D eigenvalue weighted by Gasteiger charge is -2.54. The van der Waals surface area contributed by atoms with Gasteiger partial charge in [-0.05, 0) is 66.5 Å². The summed E-state index contributed by atoms with van der Waals surface area (Å²) < 4.78 is 11.9. The standard InChI is InChI=1S/C19H39NO3Si.C2H4/c1-18(2)13-17(22-15-24(6,7)21-5)14-19(3,4)20(18)23-16-11-9-8-10-12-16;1-2/h16-17H,8-15H2,1-7H3;1-2H2. The fraction of sp³-hybridized carbons (Fsp3) is 0.905. The third-order valence-electron chi connectivity index (χ3n) is 5.58. The first-order valence-electron chi connectivity index (χ1n) is 10.2. The van der Waals surface area contributed by atoms with E-state index >= 15 is 0 Å². The zero-order valence-corrected chi connectivity index (χ0v) is 19.4. The van der Waals surface area contributed by atoms with Gasteiger partial charge in [-0.25, -0.2) is 0 Å². The summed E-state index contributed by atoms with van der Waals surface area (Å²) in [5, 5.41) is 2.30. The van der Waals surface area contributed by atoms with Crippen LogP contribution >= 0.6 is 0 Å². The highest BCUT2D eigenvalue weighted by Gasteiger charge is 2.48. The van der Waals surface area contributed by atoms with Crippen molar-refractivity contribution in [1.29, 1.82) is 0 Å². The van der Waals surface area contributed by atoms with E-state index in [4.69, 9.17) is 14.0 Å². The predicted molar refractivity (Wildman–Crippen MR) is 113 cm³/mol. The third-order valence-corrected chi connectivity index (χ3v) is 7.55. The number of rotatable bonds is 6. The van der Waals surface area contributed by atoms with Gasteiger partial charge in [0.05, 0.1) is 18.4 Å². The van der Waals surface area contributed by atoms with Crippen LogP contribution in [0.25, 0.3) is 0 Å². The van der Waals surface area contributed by atoms with Crippen LogP contribution < -0.4 is 0 Å². The van der Waals surface area contributed by atoms with Crippen molar-refractivity contribution < 1.29 is 14.0 Å². The summed E-state index contributed by atoms with van der Waals surface area (Å²) in [4.78, 5) is 6.54. The van der Waals surface area contributed by atoms with E-state index in [1.54, 1.807) is 0 Å². The lowest BCUT2D eigenvalue weighted by molar-refractivity contribution is -0.319. The van der Waals surface area contributed by atoms with Gasteiger partial charge >= 0.3 is 0 Å². The Bertz CT molecular complexity index is 401. The average molecular weight is 386 g/mol. The highest BCUT2D eigenvalue weighted by atomic mass is 28.4. The molecule has 0 spiro atoms. The van der Waals surface area contributed by atoms with Gasteiger partial charge in [0, 0.05) is 18.2 Å². The Morgan fingerprint density at radius 2 is 1.42 bits per heavy atom. The van der Waals surface area contributed by atoms with Crippen molar-refractivity contribution in [3.8, 4) is 0 Å². The van der Waals surface area contributed by atoms with Crippen LogP contribution in [0.1, 0.15) is 72.6 Å². The zero-order valence-electron chi connectivity index (χ0n) is 18.4. The number of hydrogen-bond acceptors (Lipinski definition) is 4. The molecule has 0 bridgehead atoms. The van der Waals surface area contributed by atoms with Crippen LogP contribution in [0, 0.1) is 0 Å². The summed E-state index contributed by atoms with van der Waals surface area (Å²) in [5.41, 5.74) is -0.0226. The molecular weight excluding hydrogens is 342 g/mol. The molecule has 0 N–H and O–H groups in total. The van der Waals surface area contributed by atoms with Crippen molar-refractivity contribution in [1.82, 2.24) is 5.06 Å². The smallest absolute Gasteiger partial charge is 0.211 e. The summed E-state index contributed by atoms with van der Waals surface area (Å²) in [6.07, 6.45) is 9.86. The van der Waals surface area contributed by atoms with Crippen LogP contribution in [-0.2, 0) is 14.0 Å². The monoisotopic (exact) mass is 385 g/mol. The molecule has 1 aliphatic carbocycles. The Morgan fingerprint density at radius 1 is 0.923 bits per heavy atom. The van der Waals surface area contributed by atoms with Gasteiger partial charge in [-0.2, -0.15) is 5.06 Å². The molecule has 4 nitrogen and oxygen atoms in total. The number of hydrogen-bond donors (Lipinski definition) is 0. The van der Waals surface area contributed by atoms with Gasteiger partial charge in [0.1, 0.15) is 0 Å². The van der Waals surface area contributed by atoms with Crippen LogP contribution in [0.2, 0.25) is 13.1 Å². The SMILES string of the molecule is C=C.CO[Si](C)(C)COC1CC(C)(C)N(OC2CCCCC2)C(C)(C)C1. The second-order valence-corrected chi connectivity index (χ2v) is 13.8. The maximum absolute atomic E-state index is 6.54. The number of ether oxygens (including phenoxy) is 1. The summed E-state index contributed by atoms with van der Waals surface area (Å²) in [6.45, 7) is 19.6. The van der Waals surface area contributed by atoms with Crippen molar-refractivity contribution in [2.75, 3.05) is 13.3 Å². The van der Waals surface area contributed by atoms with E-state index in [1.807, 2.05) is 7.11 Å². The quantitative estimate of drug-likeness (QED) is 0.447. The zero-order chi connectivity index (χ0) is 20.0. The van der Waals surface area contributed by atoms with Gasteiger partial charge in [0.2, 0.25) is 8.32 Å².